The molecule has 0 spiro atoms. The summed E-state index contributed by atoms with van der Waals surface area (Å²) in [7, 11) is 0. The predicted molar refractivity (Wildman–Crippen MR) is 96.3 cm³/mol. The highest BCUT2D eigenvalue weighted by Crippen LogP contribution is 2.29. The van der Waals surface area contributed by atoms with Gasteiger partial charge in [0, 0.05) is 12.1 Å². The third kappa shape index (κ3) is 5.06. The van der Waals surface area contributed by atoms with Gasteiger partial charge in [0.2, 0.25) is 0 Å². The van der Waals surface area contributed by atoms with E-state index in [1.807, 2.05) is 39.8 Å². The van der Waals surface area contributed by atoms with E-state index in [-0.39, 0.29) is 25.7 Å². The first-order valence-corrected chi connectivity index (χ1v) is 8.49. The SMILES string of the molecule is CC1(C)C=CC(C)(C)N(C(=O)OCc2ccc(C(=O)NCCO)cc2)O1. The van der Waals surface area contributed by atoms with Crippen LogP contribution in [0.15, 0.2) is 36.4 Å². The molecule has 0 fully saturated rings. The van der Waals surface area contributed by atoms with Crippen molar-refractivity contribution >= 4 is 12.0 Å². The molecule has 0 bridgehead atoms. The molecule has 1 aromatic rings. The third-order valence-electron chi connectivity index (χ3n) is 3.88. The van der Waals surface area contributed by atoms with Crippen LogP contribution in [0.4, 0.5) is 4.79 Å². The highest BCUT2D eigenvalue weighted by atomic mass is 16.7. The number of carbonyl (C=O) groups is 2. The number of hydrogen-bond acceptors (Lipinski definition) is 5. The van der Waals surface area contributed by atoms with E-state index < -0.39 is 17.2 Å². The smallest absolute Gasteiger partial charge is 0.435 e. The second-order valence-electron chi connectivity index (χ2n) is 7.21. The van der Waals surface area contributed by atoms with Crippen LogP contribution in [-0.4, -0.2) is 46.5 Å². The normalized spacial score (nSPS) is 17.7. The zero-order valence-electron chi connectivity index (χ0n) is 15.6. The molecule has 2 N–H and O–H groups in total. The quantitative estimate of drug-likeness (QED) is 0.786. The van der Waals surface area contributed by atoms with Crippen LogP contribution >= 0.6 is 0 Å². The van der Waals surface area contributed by atoms with Crippen molar-refractivity contribution in [1.29, 1.82) is 0 Å². The molecular weight excluding hydrogens is 336 g/mol. The topological polar surface area (TPSA) is 88.1 Å². The average Bonchev–Trinajstić information content (AvgIpc) is 2.60. The van der Waals surface area contributed by atoms with Crippen LogP contribution in [0.3, 0.4) is 0 Å². The van der Waals surface area contributed by atoms with E-state index in [0.29, 0.717) is 5.56 Å². The minimum atomic E-state index is -0.610. The summed E-state index contributed by atoms with van der Waals surface area (Å²) in [5.74, 6) is -0.264. The van der Waals surface area contributed by atoms with Crippen molar-refractivity contribution in [3.05, 3.63) is 47.5 Å². The Morgan fingerprint density at radius 3 is 2.42 bits per heavy atom. The van der Waals surface area contributed by atoms with E-state index >= 15 is 0 Å². The van der Waals surface area contributed by atoms with Crippen molar-refractivity contribution in [2.75, 3.05) is 13.2 Å². The largest absolute Gasteiger partial charge is 0.443 e. The maximum atomic E-state index is 12.4. The summed E-state index contributed by atoms with van der Waals surface area (Å²) in [4.78, 5) is 29.9. The number of ether oxygens (including phenoxy) is 1. The van der Waals surface area contributed by atoms with Crippen LogP contribution in [0.2, 0.25) is 0 Å². The molecular formula is C19H26N2O5. The van der Waals surface area contributed by atoms with E-state index in [2.05, 4.69) is 5.32 Å². The Bertz CT molecular complexity index is 680. The van der Waals surface area contributed by atoms with Crippen LogP contribution < -0.4 is 5.32 Å². The number of carbonyl (C=O) groups excluding carboxylic acids is 2. The summed E-state index contributed by atoms with van der Waals surface area (Å²) < 4.78 is 5.36. The van der Waals surface area contributed by atoms with Crippen LogP contribution in [0.25, 0.3) is 0 Å². The molecule has 1 aliphatic heterocycles. The highest BCUT2D eigenvalue weighted by molar-refractivity contribution is 5.94. The summed E-state index contributed by atoms with van der Waals surface area (Å²) in [5, 5.41) is 12.5. The van der Waals surface area contributed by atoms with Gasteiger partial charge in [0.05, 0.1) is 12.1 Å². The van der Waals surface area contributed by atoms with Gasteiger partial charge < -0.3 is 15.2 Å². The number of aliphatic hydroxyl groups is 1. The molecule has 0 aliphatic carbocycles. The number of hydrogen-bond donors (Lipinski definition) is 2. The number of amides is 2. The molecule has 142 valence electrons. The van der Waals surface area contributed by atoms with Gasteiger partial charge in [0.15, 0.2) is 0 Å². The Labute approximate surface area is 153 Å². The molecule has 7 nitrogen and oxygen atoms in total. The molecule has 1 aliphatic rings. The van der Waals surface area contributed by atoms with E-state index in [9.17, 15) is 9.59 Å². The van der Waals surface area contributed by atoms with Crippen molar-refractivity contribution in [3.8, 4) is 0 Å². The fraction of sp³-hybridized carbons (Fsp3) is 0.474. The molecule has 0 aromatic heterocycles. The van der Waals surface area contributed by atoms with E-state index in [1.165, 1.54) is 5.06 Å². The van der Waals surface area contributed by atoms with Gasteiger partial charge >= 0.3 is 6.09 Å². The fourth-order valence-corrected chi connectivity index (χ4v) is 2.36. The van der Waals surface area contributed by atoms with Gasteiger partial charge in [-0.05, 0) is 45.4 Å². The Morgan fingerprint density at radius 1 is 1.15 bits per heavy atom. The molecule has 7 heteroatoms. The third-order valence-corrected chi connectivity index (χ3v) is 3.88. The fourth-order valence-electron chi connectivity index (χ4n) is 2.36. The Balaban J connectivity index is 1.95. The number of benzene rings is 1. The number of hydroxylamine groups is 2. The first kappa shape index (κ1) is 19.9. The van der Waals surface area contributed by atoms with E-state index in [1.54, 1.807) is 24.3 Å². The molecule has 1 aromatic carbocycles. The molecule has 2 amide bonds. The summed E-state index contributed by atoms with van der Waals surface area (Å²) in [6.07, 6.45) is 3.26. The number of aliphatic hydroxyl groups excluding tert-OH is 1. The van der Waals surface area contributed by atoms with Crippen molar-refractivity contribution in [2.24, 2.45) is 0 Å². The summed E-state index contributed by atoms with van der Waals surface area (Å²) in [6.45, 7) is 7.60. The molecule has 0 saturated heterocycles. The zero-order chi connectivity index (χ0) is 19.4. The second-order valence-corrected chi connectivity index (χ2v) is 7.21. The van der Waals surface area contributed by atoms with Gasteiger partial charge in [0.25, 0.3) is 5.91 Å². The van der Waals surface area contributed by atoms with Gasteiger partial charge in [-0.3, -0.25) is 9.63 Å². The lowest BCUT2D eigenvalue weighted by Gasteiger charge is -2.42. The zero-order valence-corrected chi connectivity index (χ0v) is 15.6. The van der Waals surface area contributed by atoms with Crippen molar-refractivity contribution in [3.63, 3.8) is 0 Å². The monoisotopic (exact) mass is 362 g/mol. The summed E-state index contributed by atoms with van der Waals surface area (Å²) in [6, 6.07) is 6.71. The molecule has 0 atom stereocenters. The van der Waals surface area contributed by atoms with Crippen molar-refractivity contribution in [1.82, 2.24) is 10.4 Å². The summed E-state index contributed by atoms with van der Waals surface area (Å²) >= 11 is 0. The highest BCUT2D eigenvalue weighted by Gasteiger charge is 2.39. The van der Waals surface area contributed by atoms with Gasteiger partial charge in [0.1, 0.15) is 12.2 Å². The Kier molecular flexibility index (Phi) is 6.05. The second kappa shape index (κ2) is 7.88. The number of nitrogens with one attached hydrogen (secondary N) is 1. The maximum Gasteiger partial charge on any atom is 0.435 e. The van der Waals surface area contributed by atoms with Gasteiger partial charge in [-0.15, -0.1) is 0 Å². The molecule has 2 rings (SSSR count). The molecule has 0 saturated carbocycles. The standard InChI is InChI=1S/C19H26N2O5/c1-18(2)9-10-19(3,4)26-21(18)17(24)25-13-14-5-7-15(8-6-14)16(23)20-11-12-22/h5-10,22H,11-13H2,1-4H3,(H,20,23). The predicted octanol–water partition coefficient (Wildman–Crippen LogP) is 2.41. The number of rotatable bonds is 5. The first-order valence-electron chi connectivity index (χ1n) is 8.49. The maximum absolute atomic E-state index is 12.4. The minimum absolute atomic E-state index is 0.0669. The average molecular weight is 362 g/mol. The lowest BCUT2D eigenvalue weighted by Crippen LogP contribution is -2.53. The van der Waals surface area contributed by atoms with Crippen LogP contribution in [-0.2, 0) is 16.2 Å². The molecule has 1 heterocycles. The number of nitrogens with zero attached hydrogens (tertiary/aromatic N) is 1. The van der Waals surface area contributed by atoms with Gasteiger partial charge in [-0.25, -0.2) is 4.79 Å². The van der Waals surface area contributed by atoms with Gasteiger partial charge in [-0.1, -0.05) is 24.3 Å². The summed E-state index contributed by atoms with van der Waals surface area (Å²) in [5.41, 5.74) is 0.0296. The van der Waals surface area contributed by atoms with E-state index in [0.717, 1.165) is 5.56 Å². The molecule has 0 unspecified atom stereocenters. The van der Waals surface area contributed by atoms with Crippen molar-refractivity contribution in [2.45, 2.75) is 45.4 Å². The first-order chi connectivity index (χ1) is 12.1. The lowest BCUT2D eigenvalue weighted by molar-refractivity contribution is -0.236. The minimum Gasteiger partial charge on any atom is -0.443 e. The van der Waals surface area contributed by atoms with Gasteiger partial charge in [-0.2, -0.15) is 5.06 Å². The van der Waals surface area contributed by atoms with Crippen molar-refractivity contribution < 1.29 is 24.3 Å². The van der Waals surface area contributed by atoms with Crippen LogP contribution in [0, 0.1) is 0 Å². The van der Waals surface area contributed by atoms with E-state index in [4.69, 9.17) is 14.7 Å². The molecule has 0 radical (unpaired) electrons. The Hall–Kier alpha value is -2.38. The van der Waals surface area contributed by atoms with Crippen LogP contribution in [0.1, 0.15) is 43.6 Å². The lowest BCUT2D eigenvalue weighted by atomic mass is 9.98. The Morgan fingerprint density at radius 2 is 1.81 bits per heavy atom. The van der Waals surface area contributed by atoms with Crippen LogP contribution in [0.5, 0.6) is 0 Å². The molecule has 26 heavy (non-hydrogen) atoms.